The number of rotatable bonds is 2. The molecule has 84 valence electrons. The van der Waals surface area contributed by atoms with Gasteiger partial charge in [0.1, 0.15) is 12.0 Å². The summed E-state index contributed by atoms with van der Waals surface area (Å²) in [6, 6.07) is 6.11. The summed E-state index contributed by atoms with van der Waals surface area (Å²) in [5, 5.41) is 19.4. The van der Waals surface area contributed by atoms with Gasteiger partial charge in [0.15, 0.2) is 0 Å². The zero-order valence-electron chi connectivity index (χ0n) is 8.47. The molecule has 0 saturated heterocycles. The maximum Gasteiger partial charge on any atom is 0.248 e. The highest BCUT2D eigenvalue weighted by Crippen LogP contribution is 2.25. The smallest absolute Gasteiger partial charge is 0.248 e. The third-order valence-corrected chi connectivity index (χ3v) is 2.39. The highest BCUT2D eigenvalue weighted by atomic mass is 16.3. The highest BCUT2D eigenvalue weighted by Gasteiger charge is 2.08. The summed E-state index contributed by atoms with van der Waals surface area (Å²) >= 11 is 0. The first-order valence-corrected chi connectivity index (χ1v) is 4.85. The van der Waals surface area contributed by atoms with Crippen molar-refractivity contribution in [3.05, 3.63) is 40.2 Å². The number of nitrogens with two attached hydrogens (primary N) is 1. The van der Waals surface area contributed by atoms with E-state index in [1.165, 1.54) is 12.1 Å². The second kappa shape index (κ2) is 3.96. The van der Waals surface area contributed by atoms with E-state index in [9.17, 15) is 9.90 Å². The van der Waals surface area contributed by atoms with Crippen LogP contribution in [-0.4, -0.2) is 21.4 Å². The van der Waals surface area contributed by atoms with Crippen LogP contribution in [0, 0.1) is 0 Å². The van der Waals surface area contributed by atoms with E-state index in [0.717, 1.165) is 5.56 Å². The first-order chi connectivity index (χ1) is 7.58. The molecule has 5 nitrogen and oxygen atoms in total. The van der Waals surface area contributed by atoms with Crippen molar-refractivity contribution in [2.75, 3.05) is 0 Å². The third-order valence-electron chi connectivity index (χ3n) is 2.39. The number of aromatic hydroxyl groups is 1. The van der Waals surface area contributed by atoms with Gasteiger partial charge in [0.05, 0.1) is 5.52 Å². The molecule has 5 N–H and O–H groups in total. The molecular weight excluding hydrogens is 208 g/mol. The van der Waals surface area contributed by atoms with Gasteiger partial charge in [-0.05, 0) is 17.7 Å². The van der Waals surface area contributed by atoms with Gasteiger partial charge in [-0.25, -0.2) is 0 Å². The minimum absolute atomic E-state index is 0.00274. The lowest BCUT2D eigenvalue weighted by atomic mass is 10.0. The van der Waals surface area contributed by atoms with Crippen LogP contribution in [0.25, 0.3) is 10.9 Å². The normalized spacial score (nSPS) is 12.9. The van der Waals surface area contributed by atoms with Crippen LogP contribution in [0.5, 0.6) is 5.75 Å². The van der Waals surface area contributed by atoms with Crippen molar-refractivity contribution in [3.63, 3.8) is 0 Å². The minimum Gasteiger partial charge on any atom is -0.506 e. The van der Waals surface area contributed by atoms with Gasteiger partial charge in [0, 0.05) is 17.9 Å². The van der Waals surface area contributed by atoms with Crippen LogP contribution in [-0.2, 0) is 6.42 Å². The van der Waals surface area contributed by atoms with E-state index >= 15 is 0 Å². The molecule has 1 unspecified atom stereocenters. The fourth-order valence-corrected chi connectivity index (χ4v) is 1.70. The van der Waals surface area contributed by atoms with Crippen LogP contribution in [0.1, 0.15) is 5.56 Å². The van der Waals surface area contributed by atoms with E-state index in [0.29, 0.717) is 10.9 Å². The van der Waals surface area contributed by atoms with Gasteiger partial charge in [-0.2, -0.15) is 0 Å². The van der Waals surface area contributed by atoms with E-state index in [-0.39, 0.29) is 17.7 Å². The van der Waals surface area contributed by atoms with Crippen molar-refractivity contribution in [1.82, 2.24) is 4.98 Å². The molecule has 5 heteroatoms. The molecule has 16 heavy (non-hydrogen) atoms. The third kappa shape index (κ3) is 1.91. The Labute approximate surface area is 91.2 Å². The van der Waals surface area contributed by atoms with Crippen LogP contribution < -0.4 is 11.3 Å². The number of pyridine rings is 1. The zero-order chi connectivity index (χ0) is 11.7. The Morgan fingerprint density at radius 2 is 2.06 bits per heavy atom. The van der Waals surface area contributed by atoms with Crippen molar-refractivity contribution < 1.29 is 10.2 Å². The predicted octanol–water partition coefficient (Wildman–Crippen LogP) is 0.0533. The van der Waals surface area contributed by atoms with Crippen molar-refractivity contribution in [2.45, 2.75) is 12.6 Å². The van der Waals surface area contributed by atoms with E-state index in [1.807, 2.05) is 0 Å². The van der Waals surface area contributed by atoms with Crippen LogP contribution in [0.3, 0.4) is 0 Å². The number of fused-ring (bicyclic) bond motifs is 1. The average molecular weight is 220 g/mol. The van der Waals surface area contributed by atoms with Gasteiger partial charge < -0.3 is 20.9 Å². The molecule has 2 aromatic rings. The maximum atomic E-state index is 11.1. The molecule has 0 bridgehead atoms. The number of hydrogen-bond donors (Lipinski definition) is 4. The Bertz CT molecular complexity index is 575. The molecule has 0 amide bonds. The molecule has 1 aromatic heterocycles. The number of aliphatic hydroxyl groups is 1. The van der Waals surface area contributed by atoms with Gasteiger partial charge in [0.2, 0.25) is 5.56 Å². The lowest BCUT2D eigenvalue weighted by Crippen LogP contribution is -2.21. The fraction of sp³-hybridized carbons (Fsp3) is 0.182. The highest BCUT2D eigenvalue weighted by molar-refractivity contribution is 5.87. The zero-order valence-corrected chi connectivity index (χ0v) is 8.47. The molecular formula is C11H12N2O3. The van der Waals surface area contributed by atoms with E-state index in [4.69, 9.17) is 10.8 Å². The van der Waals surface area contributed by atoms with Crippen molar-refractivity contribution in [2.24, 2.45) is 5.73 Å². The Morgan fingerprint density at radius 3 is 2.75 bits per heavy atom. The number of aliphatic hydroxyl groups excluding tert-OH is 1. The largest absolute Gasteiger partial charge is 0.506 e. The summed E-state index contributed by atoms with van der Waals surface area (Å²) in [4.78, 5) is 13.7. The number of phenolic OH excluding ortho intramolecular Hbond substituents is 1. The number of benzene rings is 1. The van der Waals surface area contributed by atoms with E-state index in [2.05, 4.69) is 4.98 Å². The average Bonchev–Trinajstić information content (AvgIpc) is 2.22. The lowest BCUT2D eigenvalue weighted by Gasteiger charge is -2.09. The Morgan fingerprint density at radius 1 is 1.31 bits per heavy atom. The maximum absolute atomic E-state index is 11.1. The number of H-pyrrole nitrogens is 1. The number of aromatic amines is 1. The molecule has 0 fully saturated rings. The number of hydrogen-bond acceptors (Lipinski definition) is 4. The van der Waals surface area contributed by atoms with Crippen LogP contribution in [0.4, 0.5) is 0 Å². The summed E-state index contributed by atoms with van der Waals surface area (Å²) in [6.45, 7) is 0. The van der Waals surface area contributed by atoms with Crippen molar-refractivity contribution in [1.29, 1.82) is 0 Å². The van der Waals surface area contributed by atoms with Crippen molar-refractivity contribution in [3.8, 4) is 5.75 Å². The lowest BCUT2D eigenvalue weighted by molar-refractivity contribution is 0.183. The fourth-order valence-electron chi connectivity index (χ4n) is 1.70. The molecule has 1 aromatic carbocycles. The summed E-state index contributed by atoms with van der Waals surface area (Å²) < 4.78 is 0. The molecule has 0 aliphatic heterocycles. The van der Waals surface area contributed by atoms with Gasteiger partial charge in [-0.3, -0.25) is 4.79 Å². The summed E-state index contributed by atoms with van der Waals surface area (Å²) in [6.07, 6.45) is -0.692. The second-order valence-corrected chi connectivity index (χ2v) is 3.63. The van der Waals surface area contributed by atoms with Gasteiger partial charge in [-0.1, -0.05) is 6.07 Å². The Hall–Kier alpha value is -1.85. The number of nitrogens with one attached hydrogen (secondary N) is 1. The van der Waals surface area contributed by atoms with Crippen LogP contribution in [0.15, 0.2) is 29.1 Å². The first kappa shape index (κ1) is 10.7. The topological polar surface area (TPSA) is 99.3 Å². The molecule has 2 rings (SSSR count). The van der Waals surface area contributed by atoms with Gasteiger partial charge in [0.25, 0.3) is 0 Å². The molecule has 0 spiro atoms. The van der Waals surface area contributed by atoms with Gasteiger partial charge >= 0.3 is 0 Å². The number of aromatic nitrogens is 1. The Balaban J connectivity index is 2.69. The van der Waals surface area contributed by atoms with Crippen molar-refractivity contribution >= 4 is 10.9 Å². The van der Waals surface area contributed by atoms with E-state index in [1.54, 1.807) is 12.1 Å². The monoisotopic (exact) mass is 220 g/mol. The molecule has 1 atom stereocenters. The molecule has 1 heterocycles. The summed E-state index contributed by atoms with van der Waals surface area (Å²) in [7, 11) is 0. The summed E-state index contributed by atoms with van der Waals surface area (Å²) in [5.41, 5.74) is 6.16. The quantitative estimate of drug-likeness (QED) is 0.537. The minimum atomic E-state index is -0.959. The summed E-state index contributed by atoms with van der Waals surface area (Å²) in [5.74, 6) is 0.00274. The van der Waals surface area contributed by atoms with Crippen LogP contribution in [0.2, 0.25) is 0 Å². The molecule has 0 aliphatic rings. The SMILES string of the molecule is NC(O)Cc1ccc(O)c2[nH]c(=O)ccc12. The molecule has 0 radical (unpaired) electrons. The van der Waals surface area contributed by atoms with Crippen LogP contribution >= 0.6 is 0 Å². The standard InChI is InChI=1S/C11H12N2O3/c12-9(15)5-6-1-3-8(14)11-7(6)2-4-10(16)13-11/h1-4,9,14-15H,5,12H2,(H,13,16). The number of phenols is 1. The van der Waals surface area contributed by atoms with E-state index < -0.39 is 6.23 Å². The first-order valence-electron chi connectivity index (χ1n) is 4.85. The molecule has 0 aliphatic carbocycles. The Kier molecular flexibility index (Phi) is 2.64. The second-order valence-electron chi connectivity index (χ2n) is 3.63. The molecule has 0 saturated carbocycles. The van der Waals surface area contributed by atoms with Gasteiger partial charge in [-0.15, -0.1) is 0 Å². The predicted molar refractivity (Wildman–Crippen MR) is 60.1 cm³/mol.